The molecule has 2 aromatic carbocycles. The van der Waals surface area contributed by atoms with E-state index in [1.54, 1.807) is 0 Å². The second-order valence-electron chi connectivity index (χ2n) is 8.04. The quantitative estimate of drug-likeness (QED) is 0.673. The van der Waals surface area contributed by atoms with Crippen LogP contribution in [-0.4, -0.2) is 44.4 Å². The van der Waals surface area contributed by atoms with E-state index in [1.807, 2.05) is 38.1 Å². The highest BCUT2D eigenvalue weighted by Crippen LogP contribution is 2.22. The number of nitrogens with one attached hydrogen (secondary N) is 1. The van der Waals surface area contributed by atoms with Crippen LogP contribution >= 0.6 is 0 Å². The van der Waals surface area contributed by atoms with Crippen molar-refractivity contribution in [3.63, 3.8) is 0 Å². The molecule has 0 saturated carbocycles. The number of hydrogen-bond acceptors (Lipinski definition) is 4. The molecule has 1 aliphatic heterocycles. The van der Waals surface area contributed by atoms with Gasteiger partial charge in [-0.1, -0.05) is 30.3 Å². The number of sulfonamides is 1. The van der Waals surface area contributed by atoms with Gasteiger partial charge in [0.05, 0.1) is 11.8 Å². The van der Waals surface area contributed by atoms with Gasteiger partial charge in [0.15, 0.2) is 0 Å². The smallest absolute Gasteiger partial charge is 0.223 e. The molecule has 168 valence electrons. The van der Waals surface area contributed by atoms with Gasteiger partial charge in [-0.15, -0.1) is 0 Å². The summed E-state index contributed by atoms with van der Waals surface area (Å²) in [4.78, 5) is 12.6. The molecule has 8 heteroatoms. The summed E-state index contributed by atoms with van der Waals surface area (Å²) in [6.07, 6.45) is 0.944. The predicted molar refractivity (Wildman–Crippen MR) is 118 cm³/mol. The second kappa shape index (κ2) is 10.2. The highest BCUT2D eigenvalue weighted by molar-refractivity contribution is 7.88. The van der Waals surface area contributed by atoms with Crippen LogP contribution in [0.3, 0.4) is 0 Å². The Bertz CT molecular complexity index is 987. The van der Waals surface area contributed by atoms with Gasteiger partial charge in [0.25, 0.3) is 0 Å². The maximum atomic E-state index is 13.0. The molecule has 1 fully saturated rings. The van der Waals surface area contributed by atoms with Crippen molar-refractivity contribution in [3.8, 4) is 5.75 Å². The Labute approximate surface area is 183 Å². The summed E-state index contributed by atoms with van der Waals surface area (Å²) in [6.45, 7) is 4.82. The molecular formula is C23H29FN2O4S. The topological polar surface area (TPSA) is 75.7 Å². The molecular weight excluding hydrogens is 419 g/mol. The Morgan fingerprint density at radius 2 is 1.81 bits per heavy atom. The summed E-state index contributed by atoms with van der Waals surface area (Å²) >= 11 is 0. The zero-order chi connectivity index (χ0) is 22.4. The molecule has 1 saturated heterocycles. The summed E-state index contributed by atoms with van der Waals surface area (Å²) < 4.78 is 45.6. The minimum atomic E-state index is -3.51. The van der Waals surface area contributed by atoms with Crippen molar-refractivity contribution < 1.29 is 22.3 Å². The summed E-state index contributed by atoms with van der Waals surface area (Å²) in [5.74, 6) is -0.0679. The Balaban J connectivity index is 1.45. The van der Waals surface area contributed by atoms with E-state index in [0.29, 0.717) is 38.1 Å². The number of halogens is 1. The first-order valence-corrected chi connectivity index (χ1v) is 12.1. The number of benzene rings is 2. The fourth-order valence-electron chi connectivity index (χ4n) is 3.61. The van der Waals surface area contributed by atoms with Crippen molar-refractivity contribution in [1.29, 1.82) is 0 Å². The van der Waals surface area contributed by atoms with Gasteiger partial charge in [-0.25, -0.2) is 17.1 Å². The average molecular weight is 449 g/mol. The van der Waals surface area contributed by atoms with Crippen molar-refractivity contribution in [2.24, 2.45) is 5.92 Å². The number of carbonyl (C=O) groups is 1. The molecule has 2 aromatic rings. The van der Waals surface area contributed by atoms with Crippen LogP contribution in [0.15, 0.2) is 48.5 Å². The van der Waals surface area contributed by atoms with Crippen LogP contribution in [0.5, 0.6) is 5.75 Å². The Morgan fingerprint density at radius 3 is 2.45 bits per heavy atom. The summed E-state index contributed by atoms with van der Waals surface area (Å²) in [6, 6.07) is 13.0. The number of ether oxygens (including phenoxy) is 1. The third-order valence-electron chi connectivity index (χ3n) is 5.45. The molecule has 0 aliphatic carbocycles. The molecule has 0 aromatic heterocycles. The molecule has 1 heterocycles. The molecule has 31 heavy (non-hydrogen) atoms. The van der Waals surface area contributed by atoms with Gasteiger partial charge in [0.1, 0.15) is 18.2 Å². The lowest BCUT2D eigenvalue weighted by Crippen LogP contribution is -2.46. The summed E-state index contributed by atoms with van der Waals surface area (Å²) in [7, 11) is -3.51. The highest BCUT2D eigenvalue weighted by atomic mass is 32.2. The van der Waals surface area contributed by atoms with Gasteiger partial charge < -0.3 is 10.1 Å². The van der Waals surface area contributed by atoms with Crippen LogP contribution in [0.4, 0.5) is 4.39 Å². The molecule has 6 nitrogen and oxygen atoms in total. The van der Waals surface area contributed by atoms with E-state index in [4.69, 9.17) is 4.74 Å². The number of amides is 1. The number of para-hydroxylation sites is 1. The van der Waals surface area contributed by atoms with Crippen molar-refractivity contribution in [2.45, 2.75) is 38.5 Å². The van der Waals surface area contributed by atoms with Crippen molar-refractivity contribution in [3.05, 3.63) is 65.5 Å². The van der Waals surface area contributed by atoms with Gasteiger partial charge in [0.2, 0.25) is 15.9 Å². The maximum absolute atomic E-state index is 13.0. The zero-order valence-electron chi connectivity index (χ0n) is 17.9. The van der Waals surface area contributed by atoms with E-state index < -0.39 is 15.8 Å². The first kappa shape index (κ1) is 23.2. The van der Waals surface area contributed by atoms with E-state index in [2.05, 4.69) is 5.32 Å². The van der Waals surface area contributed by atoms with E-state index in [1.165, 1.54) is 28.6 Å². The van der Waals surface area contributed by atoms with Gasteiger partial charge in [-0.3, -0.25) is 4.79 Å². The number of rotatable bonds is 8. The molecule has 0 spiro atoms. The van der Waals surface area contributed by atoms with Crippen molar-refractivity contribution in [2.75, 3.05) is 19.7 Å². The predicted octanol–water partition coefficient (Wildman–Crippen LogP) is 3.26. The van der Waals surface area contributed by atoms with Crippen LogP contribution < -0.4 is 10.1 Å². The number of nitrogens with zero attached hydrogens (tertiary/aromatic N) is 1. The van der Waals surface area contributed by atoms with Gasteiger partial charge >= 0.3 is 0 Å². The van der Waals surface area contributed by atoms with Crippen molar-refractivity contribution >= 4 is 15.9 Å². The molecule has 3 rings (SSSR count). The average Bonchev–Trinajstić information content (AvgIpc) is 2.75. The molecule has 0 bridgehead atoms. The van der Waals surface area contributed by atoms with E-state index in [0.717, 1.165) is 11.3 Å². The van der Waals surface area contributed by atoms with Crippen LogP contribution in [0.25, 0.3) is 0 Å². The monoisotopic (exact) mass is 448 g/mol. The third kappa shape index (κ3) is 6.51. The van der Waals surface area contributed by atoms with E-state index >= 15 is 0 Å². The van der Waals surface area contributed by atoms with Crippen molar-refractivity contribution in [1.82, 2.24) is 9.62 Å². The fraction of sp³-hybridized carbons (Fsp3) is 0.435. The minimum absolute atomic E-state index is 0.0727. The fourth-order valence-corrected chi connectivity index (χ4v) is 5.18. The van der Waals surface area contributed by atoms with Crippen LogP contribution in [-0.2, 0) is 20.6 Å². The normalized spacial score (nSPS) is 16.6. The second-order valence-corrected chi connectivity index (χ2v) is 10.0. The lowest BCUT2D eigenvalue weighted by molar-refractivity contribution is -0.126. The largest absolute Gasteiger partial charge is 0.491 e. The molecule has 1 unspecified atom stereocenters. The van der Waals surface area contributed by atoms with Crippen LogP contribution in [0.1, 0.15) is 30.9 Å². The molecule has 1 N–H and O–H groups in total. The lowest BCUT2D eigenvalue weighted by atomic mass is 9.97. The van der Waals surface area contributed by atoms with Crippen LogP contribution in [0.2, 0.25) is 0 Å². The zero-order valence-corrected chi connectivity index (χ0v) is 18.7. The molecule has 0 radical (unpaired) electrons. The Hall–Kier alpha value is -2.45. The standard InChI is InChI=1S/C23H29FN2O4S/c1-17-5-3-4-6-22(17)30-15-18(2)25-23(27)20-11-13-26(14-12-20)31(28,29)16-19-7-9-21(24)10-8-19/h3-10,18,20H,11-16H2,1-2H3,(H,25,27). The van der Waals surface area contributed by atoms with E-state index in [9.17, 15) is 17.6 Å². The summed E-state index contributed by atoms with van der Waals surface area (Å²) in [5, 5.41) is 2.97. The third-order valence-corrected chi connectivity index (χ3v) is 7.30. The minimum Gasteiger partial charge on any atom is -0.491 e. The van der Waals surface area contributed by atoms with E-state index in [-0.39, 0.29) is 23.6 Å². The lowest BCUT2D eigenvalue weighted by Gasteiger charge is -2.31. The molecule has 1 amide bonds. The SMILES string of the molecule is Cc1ccccc1OCC(C)NC(=O)C1CCN(S(=O)(=O)Cc2ccc(F)cc2)CC1. The van der Waals surface area contributed by atoms with Crippen LogP contribution in [0, 0.1) is 18.7 Å². The number of piperidine rings is 1. The number of hydrogen-bond donors (Lipinski definition) is 1. The van der Waals surface area contributed by atoms with Gasteiger partial charge in [-0.2, -0.15) is 0 Å². The Kier molecular flexibility index (Phi) is 7.67. The number of aryl methyl sites for hydroxylation is 1. The highest BCUT2D eigenvalue weighted by Gasteiger charge is 2.31. The first-order valence-electron chi connectivity index (χ1n) is 10.5. The summed E-state index contributed by atoms with van der Waals surface area (Å²) in [5.41, 5.74) is 1.58. The molecule has 1 aliphatic rings. The van der Waals surface area contributed by atoms with Gasteiger partial charge in [-0.05, 0) is 56.0 Å². The van der Waals surface area contributed by atoms with Gasteiger partial charge in [0, 0.05) is 19.0 Å². The number of carbonyl (C=O) groups excluding carboxylic acids is 1. The maximum Gasteiger partial charge on any atom is 0.223 e. The molecule has 1 atom stereocenters. The Morgan fingerprint density at radius 1 is 1.16 bits per heavy atom. The first-order chi connectivity index (χ1) is 14.7.